The van der Waals surface area contributed by atoms with E-state index in [9.17, 15) is 13.2 Å². The Labute approximate surface area is 176 Å². The number of likely N-dealkylation sites (tertiary alicyclic amines) is 1. The molecule has 0 bridgehead atoms. The highest BCUT2D eigenvalue weighted by Gasteiger charge is 2.35. The number of hydrogen-bond donors (Lipinski definition) is 1. The maximum absolute atomic E-state index is 12.6. The first kappa shape index (κ1) is 21.0. The highest BCUT2D eigenvalue weighted by molar-refractivity contribution is 5.58. The normalized spacial score (nSPS) is 17.2. The third-order valence-electron chi connectivity index (χ3n) is 5.06. The molecule has 164 valence electrons. The number of anilines is 3. The maximum atomic E-state index is 12.6. The zero-order chi connectivity index (χ0) is 22.0. The van der Waals surface area contributed by atoms with Crippen molar-refractivity contribution in [2.24, 2.45) is 0 Å². The van der Waals surface area contributed by atoms with Crippen molar-refractivity contribution >= 4 is 17.6 Å². The smallest absolute Gasteiger partial charge is 0.368 e. The van der Waals surface area contributed by atoms with Crippen LogP contribution in [0.25, 0.3) is 11.6 Å². The molecule has 1 aliphatic heterocycles. The lowest BCUT2D eigenvalue weighted by Gasteiger charge is -2.21. The van der Waals surface area contributed by atoms with E-state index >= 15 is 0 Å². The van der Waals surface area contributed by atoms with Gasteiger partial charge in [-0.2, -0.15) is 33.1 Å². The predicted molar refractivity (Wildman–Crippen MR) is 106 cm³/mol. The number of nitrogens with two attached hydrogens (primary N) is 1. The molecule has 1 fully saturated rings. The second-order valence-corrected chi connectivity index (χ2v) is 7.23. The van der Waals surface area contributed by atoms with E-state index in [1.54, 1.807) is 16.8 Å². The van der Waals surface area contributed by atoms with Crippen molar-refractivity contribution in [2.45, 2.75) is 31.5 Å². The summed E-state index contributed by atoms with van der Waals surface area (Å²) in [6.07, 6.45) is -3.70. The molecule has 3 heterocycles. The average molecular weight is 434 g/mol. The Morgan fingerprint density at radius 1 is 1.13 bits per heavy atom. The molecule has 3 aromatic rings. The van der Waals surface area contributed by atoms with Crippen molar-refractivity contribution in [1.29, 1.82) is 0 Å². The molecular formula is C19H21F3N8O. The highest BCUT2D eigenvalue weighted by atomic mass is 19.4. The van der Waals surface area contributed by atoms with E-state index in [-0.39, 0.29) is 36.1 Å². The fraction of sp³-hybridized carbons (Fsp3) is 0.421. The van der Waals surface area contributed by atoms with Crippen LogP contribution in [0.2, 0.25) is 0 Å². The van der Waals surface area contributed by atoms with Crippen LogP contribution < -0.4 is 10.6 Å². The number of benzene rings is 1. The molecule has 2 aromatic heterocycles. The van der Waals surface area contributed by atoms with Crippen molar-refractivity contribution in [2.75, 3.05) is 30.8 Å². The molecule has 0 unspecified atom stereocenters. The average Bonchev–Trinajstić information content (AvgIpc) is 3.40. The van der Waals surface area contributed by atoms with Gasteiger partial charge in [-0.1, -0.05) is 23.4 Å². The maximum Gasteiger partial charge on any atom is 0.390 e. The molecule has 0 aliphatic carbocycles. The fourth-order valence-corrected chi connectivity index (χ4v) is 3.50. The Morgan fingerprint density at radius 3 is 2.65 bits per heavy atom. The SMILES string of the molecule is CN(c1ccccc1)c1nc(N)nc(-c2noc([C@H]3CCCN3CCC(F)(F)F)n2)n1. The third-order valence-corrected chi connectivity index (χ3v) is 5.06. The van der Waals surface area contributed by atoms with Gasteiger partial charge in [-0.15, -0.1) is 0 Å². The minimum absolute atomic E-state index is 0.0122. The van der Waals surface area contributed by atoms with E-state index < -0.39 is 12.6 Å². The Bertz CT molecular complexity index is 1030. The number of alkyl halides is 3. The topological polar surface area (TPSA) is 110 Å². The van der Waals surface area contributed by atoms with Crippen LogP contribution in [0.3, 0.4) is 0 Å². The highest BCUT2D eigenvalue weighted by Crippen LogP contribution is 2.33. The summed E-state index contributed by atoms with van der Waals surface area (Å²) >= 11 is 0. The summed E-state index contributed by atoms with van der Waals surface area (Å²) in [5.74, 6) is 0.760. The van der Waals surface area contributed by atoms with Gasteiger partial charge in [0.1, 0.15) is 0 Å². The number of aromatic nitrogens is 5. The Hall–Kier alpha value is -3.28. The second-order valence-electron chi connectivity index (χ2n) is 7.23. The van der Waals surface area contributed by atoms with Crippen LogP contribution in [-0.4, -0.2) is 56.3 Å². The van der Waals surface area contributed by atoms with Crippen LogP contribution in [0.5, 0.6) is 0 Å². The molecule has 0 saturated carbocycles. The van der Waals surface area contributed by atoms with Gasteiger partial charge in [0, 0.05) is 19.3 Å². The molecule has 1 saturated heterocycles. The van der Waals surface area contributed by atoms with Gasteiger partial charge in [-0.05, 0) is 31.5 Å². The van der Waals surface area contributed by atoms with Gasteiger partial charge in [0.15, 0.2) is 0 Å². The lowest BCUT2D eigenvalue weighted by atomic mass is 10.2. The molecule has 9 nitrogen and oxygen atoms in total. The van der Waals surface area contributed by atoms with Crippen LogP contribution in [0.1, 0.15) is 31.2 Å². The van der Waals surface area contributed by atoms with E-state index in [0.717, 1.165) is 12.1 Å². The van der Waals surface area contributed by atoms with Gasteiger partial charge in [-0.3, -0.25) is 4.90 Å². The molecule has 31 heavy (non-hydrogen) atoms. The van der Waals surface area contributed by atoms with Crippen molar-refractivity contribution in [3.63, 3.8) is 0 Å². The molecule has 0 radical (unpaired) electrons. The van der Waals surface area contributed by atoms with Gasteiger partial charge in [0.2, 0.25) is 29.4 Å². The number of para-hydroxylation sites is 1. The summed E-state index contributed by atoms with van der Waals surface area (Å²) in [4.78, 5) is 20.4. The van der Waals surface area contributed by atoms with Gasteiger partial charge in [-0.25, -0.2) is 0 Å². The largest absolute Gasteiger partial charge is 0.390 e. The monoisotopic (exact) mass is 434 g/mol. The zero-order valence-corrected chi connectivity index (χ0v) is 16.7. The molecule has 2 N–H and O–H groups in total. The molecule has 1 aromatic carbocycles. The molecule has 1 aliphatic rings. The standard InChI is InChI=1S/C19H21F3N8O/c1-29(12-6-3-2-4-7-12)18-26-14(25-17(23)27-18)15-24-16(31-28-15)13-8-5-10-30(13)11-9-19(20,21)22/h2-4,6-7,13H,5,8-11H2,1H3,(H2,23,25,26,27)/t13-/m1/s1. The Morgan fingerprint density at radius 2 is 1.90 bits per heavy atom. The minimum atomic E-state index is -4.21. The summed E-state index contributed by atoms with van der Waals surface area (Å²) in [7, 11) is 1.78. The van der Waals surface area contributed by atoms with Crippen molar-refractivity contribution in [3.8, 4) is 11.6 Å². The van der Waals surface area contributed by atoms with E-state index in [0.29, 0.717) is 18.9 Å². The summed E-state index contributed by atoms with van der Waals surface area (Å²) in [6, 6.07) is 9.08. The molecule has 12 heteroatoms. The first-order chi connectivity index (χ1) is 14.8. The van der Waals surface area contributed by atoms with Crippen LogP contribution in [0.4, 0.5) is 30.8 Å². The number of nitrogens with zero attached hydrogens (tertiary/aromatic N) is 7. The molecule has 0 amide bonds. The van der Waals surface area contributed by atoms with E-state index in [1.165, 1.54) is 0 Å². The van der Waals surface area contributed by atoms with Crippen molar-refractivity contribution < 1.29 is 17.7 Å². The van der Waals surface area contributed by atoms with Crippen LogP contribution in [-0.2, 0) is 0 Å². The Balaban J connectivity index is 1.56. The summed E-state index contributed by atoms with van der Waals surface area (Å²) in [5.41, 5.74) is 6.70. The number of rotatable bonds is 6. The fourth-order valence-electron chi connectivity index (χ4n) is 3.50. The molecular weight excluding hydrogens is 413 g/mol. The number of nitrogen functional groups attached to an aromatic ring is 1. The number of halogens is 3. The predicted octanol–water partition coefficient (Wildman–Crippen LogP) is 3.36. The summed E-state index contributed by atoms with van der Waals surface area (Å²) < 4.78 is 43.2. The zero-order valence-electron chi connectivity index (χ0n) is 16.7. The van der Waals surface area contributed by atoms with Gasteiger partial charge < -0.3 is 15.2 Å². The van der Waals surface area contributed by atoms with E-state index in [2.05, 4.69) is 25.1 Å². The quantitative estimate of drug-likeness (QED) is 0.624. The van der Waals surface area contributed by atoms with Crippen molar-refractivity contribution in [1.82, 2.24) is 30.0 Å². The lowest BCUT2D eigenvalue weighted by Crippen LogP contribution is -2.28. The van der Waals surface area contributed by atoms with E-state index in [4.69, 9.17) is 10.3 Å². The minimum Gasteiger partial charge on any atom is -0.368 e. The molecule has 0 spiro atoms. The first-order valence-corrected chi connectivity index (χ1v) is 9.75. The summed E-state index contributed by atoms with van der Waals surface area (Å²) in [6.45, 7) is 0.430. The van der Waals surface area contributed by atoms with Crippen molar-refractivity contribution in [3.05, 3.63) is 36.2 Å². The molecule has 4 rings (SSSR count). The van der Waals surface area contributed by atoms with Gasteiger partial charge in [0.25, 0.3) is 0 Å². The molecule has 1 atom stereocenters. The first-order valence-electron chi connectivity index (χ1n) is 9.75. The van der Waals surface area contributed by atoms with Gasteiger partial charge >= 0.3 is 6.18 Å². The second kappa shape index (κ2) is 8.46. The lowest BCUT2D eigenvalue weighted by molar-refractivity contribution is -0.138. The van der Waals surface area contributed by atoms with Crippen LogP contribution in [0.15, 0.2) is 34.9 Å². The van der Waals surface area contributed by atoms with Crippen LogP contribution in [0, 0.1) is 0 Å². The third kappa shape index (κ3) is 4.90. The van der Waals surface area contributed by atoms with Crippen LogP contribution >= 0.6 is 0 Å². The Kier molecular flexibility index (Phi) is 5.72. The number of hydrogen-bond acceptors (Lipinski definition) is 9. The van der Waals surface area contributed by atoms with Gasteiger partial charge in [0.05, 0.1) is 12.5 Å². The summed E-state index contributed by atoms with van der Waals surface area (Å²) in [5, 5.41) is 3.93. The van der Waals surface area contributed by atoms with E-state index in [1.807, 2.05) is 30.3 Å².